The van der Waals surface area contributed by atoms with Crippen LogP contribution in [0.3, 0.4) is 0 Å². The summed E-state index contributed by atoms with van der Waals surface area (Å²) in [6.07, 6.45) is -2.10. The van der Waals surface area contributed by atoms with Gasteiger partial charge in [0.05, 0.1) is 5.02 Å². The first kappa shape index (κ1) is 18.4. The molecule has 0 unspecified atom stereocenters. The Labute approximate surface area is 148 Å². The third kappa shape index (κ3) is 4.30. The summed E-state index contributed by atoms with van der Waals surface area (Å²) in [5, 5.41) is 3.19. The van der Waals surface area contributed by atoms with Gasteiger partial charge in [-0.25, -0.2) is 9.59 Å². The topological polar surface area (TPSA) is 84.9 Å². The van der Waals surface area contributed by atoms with E-state index in [1.165, 1.54) is 26.0 Å². The van der Waals surface area contributed by atoms with Gasteiger partial charge in [0, 0.05) is 18.1 Å². The Bertz CT molecular complexity index is 667. The maximum absolute atomic E-state index is 12.1. The molecule has 3 amide bonds. The number of hydrogen-bond acceptors (Lipinski definition) is 5. The molecule has 1 aromatic carbocycles. The summed E-state index contributed by atoms with van der Waals surface area (Å²) in [5.74, 6) is -1.07. The first-order valence-corrected chi connectivity index (χ1v) is 7.96. The lowest BCUT2D eigenvalue weighted by Crippen LogP contribution is -2.43. The number of ether oxygens (including phenoxy) is 2. The van der Waals surface area contributed by atoms with Crippen LogP contribution < -0.4 is 10.1 Å². The van der Waals surface area contributed by atoms with Gasteiger partial charge in [-0.2, -0.15) is 0 Å². The fraction of sp³-hybridized carbons (Fsp3) is 0.400. The number of benzene rings is 1. The van der Waals surface area contributed by atoms with Crippen molar-refractivity contribution in [1.29, 1.82) is 0 Å². The van der Waals surface area contributed by atoms with Crippen LogP contribution >= 0.6 is 23.2 Å². The van der Waals surface area contributed by atoms with Gasteiger partial charge in [0.15, 0.2) is 12.2 Å². The quantitative estimate of drug-likeness (QED) is 0.798. The molecular weight excluding hydrogens is 359 g/mol. The van der Waals surface area contributed by atoms with E-state index in [-0.39, 0.29) is 17.3 Å². The van der Waals surface area contributed by atoms with Crippen molar-refractivity contribution in [2.45, 2.75) is 26.1 Å². The first-order chi connectivity index (χ1) is 11.3. The molecule has 1 aromatic rings. The summed E-state index contributed by atoms with van der Waals surface area (Å²) in [6, 6.07) is 4.07. The average Bonchev–Trinajstić information content (AvgIpc) is 2.95. The van der Waals surface area contributed by atoms with E-state index in [4.69, 9.17) is 32.7 Å². The van der Waals surface area contributed by atoms with Crippen molar-refractivity contribution in [1.82, 2.24) is 10.2 Å². The summed E-state index contributed by atoms with van der Waals surface area (Å²) in [5.41, 5.74) is 0. The van der Waals surface area contributed by atoms with E-state index in [0.29, 0.717) is 11.6 Å². The van der Waals surface area contributed by atoms with Gasteiger partial charge in [0.2, 0.25) is 0 Å². The fourth-order valence-electron chi connectivity index (χ4n) is 2.03. The molecule has 1 heterocycles. The van der Waals surface area contributed by atoms with E-state index in [0.717, 1.165) is 4.90 Å². The Morgan fingerprint density at radius 2 is 1.96 bits per heavy atom. The summed E-state index contributed by atoms with van der Waals surface area (Å²) in [4.78, 5) is 36.6. The molecule has 9 heteroatoms. The molecule has 0 aliphatic carbocycles. The molecule has 0 radical (unpaired) electrons. The van der Waals surface area contributed by atoms with Crippen LogP contribution in [0, 0.1) is 0 Å². The van der Waals surface area contributed by atoms with Crippen molar-refractivity contribution in [3.8, 4) is 5.75 Å². The van der Waals surface area contributed by atoms with E-state index < -0.39 is 30.1 Å². The van der Waals surface area contributed by atoms with Gasteiger partial charge in [-0.1, -0.05) is 23.2 Å². The molecule has 1 N–H and O–H groups in total. The molecule has 0 spiro atoms. The molecule has 1 fully saturated rings. The van der Waals surface area contributed by atoms with Crippen LogP contribution in [0.25, 0.3) is 0 Å². The zero-order valence-corrected chi connectivity index (χ0v) is 14.6. The summed E-state index contributed by atoms with van der Waals surface area (Å²) in [6.45, 7) is 3.48. The van der Waals surface area contributed by atoms with Gasteiger partial charge in [0.25, 0.3) is 5.91 Å². The second-order valence-corrected chi connectivity index (χ2v) is 5.98. The number of nitrogens with zero attached hydrogens (tertiary/aromatic N) is 1. The minimum absolute atomic E-state index is 0.242. The second kappa shape index (κ2) is 7.72. The van der Waals surface area contributed by atoms with Gasteiger partial charge in [-0.15, -0.1) is 0 Å². The fourth-order valence-corrected chi connectivity index (χ4v) is 2.48. The molecule has 1 saturated heterocycles. The van der Waals surface area contributed by atoms with Crippen LogP contribution in [-0.4, -0.2) is 48.1 Å². The molecule has 1 aliphatic heterocycles. The minimum atomic E-state index is -1.10. The molecule has 130 valence electrons. The molecule has 2 atom stereocenters. The van der Waals surface area contributed by atoms with Gasteiger partial charge in [0.1, 0.15) is 5.75 Å². The maximum atomic E-state index is 12.1. The average molecular weight is 375 g/mol. The van der Waals surface area contributed by atoms with Crippen LogP contribution in [0.2, 0.25) is 10.0 Å². The number of hydrogen-bond donors (Lipinski definition) is 1. The number of rotatable bonds is 5. The molecule has 7 nitrogen and oxygen atoms in total. The number of carbonyl (C=O) groups is 3. The molecule has 2 rings (SSSR count). The van der Waals surface area contributed by atoms with Crippen molar-refractivity contribution < 1.29 is 23.9 Å². The number of imide groups is 1. The van der Waals surface area contributed by atoms with Crippen molar-refractivity contribution >= 4 is 41.1 Å². The standard InChI is InChI=1S/C15H16Cl2N2O5/c1-8(13(20)19-6-5-18-15(19)22)24-14(21)9(2)23-12-4-3-10(16)7-11(12)17/h3-4,7-9H,5-6H2,1-2H3,(H,18,22)/t8-,9+/m0/s1. The summed E-state index contributed by atoms with van der Waals surface area (Å²) in [7, 11) is 0. The van der Waals surface area contributed by atoms with E-state index in [2.05, 4.69) is 5.32 Å². The Morgan fingerprint density at radius 3 is 2.54 bits per heavy atom. The number of urea groups is 1. The van der Waals surface area contributed by atoms with Crippen molar-refractivity contribution in [2.24, 2.45) is 0 Å². The normalized spacial score (nSPS) is 16.3. The van der Waals surface area contributed by atoms with Crippen LogP contribution in [0.15, 0.2) is 18.2 Å². The summed E-state index contributed by atoms with van der Waals surface area (Å²) >= 11 is 11.8. The van der Waals surface area contributed by atoms with E-state index in [1.54, 1.807) is 6.07 Å². The van der Waals surface area contributed by atoms with Gasteiger partial charge in [-0.05, 0) is 32.0 Å². The minimum Gasteiger partial charge on any atom is -0.477 e. The van der Waals surface area contributed by atoms with Crippen LogP contribution in [-0.2, 0) is 14.3 Å². The molecule has 0 bridgehead atoms. The summed E-state index contributed by atoms with van der Waals surface area (Å²) < 4.78 is 10.5. The zero-order valence-electron chi connectivity index (χ0n) is 13.0. The number of halogens is 2. The van der Waals surface area contributed by atoms with E-state index in [1.807, 2.05) is 0 Å². The molecule has 0 saturated carbocycles. The monoisotopic (exact) mass is 374 g/mol. The highest BCUT2D eigenvalue weighted by Crippen LogP contribution is 2.28. The zero-order chi connectivity index (χ0) is 17.9. The Kier molecular flexibility index (Phi) is 5.90. The largest absolute Gasteiger partial charge is 0.477 e. The third-order valence-electron chi connectivity index (χ3n) is 3.29. The lowest BCUT2D eigenvalue weighted by Gasteiger charge is -2.20. The van der Waals surface area contributed by atoms with E-state index >= 15 is 0 Å². The van der Waals surface area contributed by atoms with Crippen LogP contribution in [0.5, 0.6) is 5.75 Å². The Hall–Kier alpha value is -1.99. The molecular formula is C15H16Cl2N2O5. The predicted molar refractivity (Wildman–Crippen MR) is 87.2 cm³/mol. The van der Waals surface area contributed by atoms with Crippen molar-refractivity contribution in [3.05, 3.63) is 28.2 Å². The highest BCUT2D eigenvalue weighted by Gasteiger charge is 2.32. The highest BCUT2D eigenvalue weighted by molar-refractivity contribution is 6.35. The van der Waals surface area contributed by atoms with Crippen LogP contribution in [0.4, 0.5) is 4.79 Å². The van der Waals surface area contributed by atoms with Crippen molar-refractivity contribution in [3.63, 3.8) is 0 Å². The van der Waals surface area contributed by atoms with Gasteiger partial charge >= 0.3 is 12.0 Å². The van der Waals surface area contributed by atoms with Crippen molar-refractivity contribution in [2.75, 3.05) is 13.1 Å². The smallest absolute Gasteiger partial charge is 0.347 e. The number of nitrogens with one attached hydrogen (secondary N) is 1. The third-order valence-corrected chi connectivity index (χ3v) is 3.82. The first-order valence-electron chi connectivity index (χ1n) is 7.21. The highest BCUT2D eigenvalue weighted by atomic mass is 35.5. The number of amides is 3. The number of esters is 1. The van der Waals surface area contributed by atoms with Crippen LogP contribution in [0.1, 0.15) is 13.8 Å². The lowest BCUT2D eigenvalue weighted by molar-refractivity contribution is -0.163. The maximum Gasteiger partial charge on any atom is 0.347 e. The van der Waals surface area contributed by atoms with E-state index in [9.17, 15) is 14.4 Å². The molecule has 0 aromatic heterocycles. The lowest BCUT2D eigenvalue weighted by atomic mass is 10.3. The molecule has 1 aliphatic rings. The predicted octanol–water partition coefficient (Wildman–Crippen LogP) is 2.24. The number of carbonyl (C=O) groups excluding carboxylic acids is 3. The van der Waals surface area contributed by atoms with Gasteiger partial charge in [-0.3, -0.25) is 9.69 Å². The molecule has 24 heavy (non-hydrogen) atoms. The second-order valence-electron chi connectivity index (χ2n) is 5.14. The van der Waals surface area contributed by atoms with Gasteiger partial charge < -0.3 is 14.8 Å². The Morgan fingerprint density at radius 1 is 1.25 bits per heavy atom. The Balaban J connectivity index is 1.93. The SMILES string of the molecule is C[C@H](OC(=O)[C@@H](C)Oc1ccc(Cl)cc1Cl)C(=O)N1CCNC1=O.